The largest absolute Gasteiger partial charge is 0.465 e. The number of hydrogen-bond acceptors (Lipinski definition) is 8. The fourth-order valence-electron chi connectivity index (χ4n) is 3.56. The quantitative estimate of drug-likeness (QED) is 0.543. The van der Waals surface area contributed by atoms with Crippen LogP contribution in [-0.2, 0) is 38.1 Å². The molecule has 0 amide bonds. The lowest BCUT2D eigenvalue weighted by molar-refractivity contribution is -0.245. The monoisotopic (exact) mass is 416 g/mol. The smallest absolute Gasteiger partial charge is 0.340 e. The Kier molecular flexibility index (Phi) is 5.83. The molecule has 0 bridgehead atoms. The summed E-state index contributed by atoms with van der Waals surface area (Å²) in [6.07, 6.45) is 0. The van der Waals surface area contributed by atoms with Gasteiger partial charge in [0.2, 0.25) is 5.79 Å². The second-order valence-electron chi connectivity index (χ2n) is 7.70. The van der Waals surface area contributed by atoms with E-state index in [0.717, 1.165) is 7.11 Å². The van der Waals surface area contributed by atoms with Crippen LogP contribution in [0.1, 0.15) is 19.4 Å². The molecule has 0 saturated carbocycles. The second-order valence-corrected chi connectivity index (χ2v) is 7.70. The van der Waals surface area contributed by atoms with Crippen LogP contribution in [0.4, 0.5) is 0 Å². The van der Waals surface area contributed by atoms with Gasteiger partial charge >= 0.3 is 17.9 Å². The van der Waals surface area contributed by atoms with E-state index in [9.17, 15) is 14.4 Å². The molecular weight excluding hydrogens is 392 g/mol. The summed E-state index contributed by atoms with van der Waals surface area (Å²) in [7, 11) is 3.50. The van der Waals surface area contributed by atoms with Gasteiger partial charge in [0, 0.05) is 11.0 Å². The molecule has 0 radical (unpaired) electrons. The lowest BCUT2D eigenvalue weighted by Gasteiger charge is -2.43. The topological polar surface area (TPSA) is 97.4 Å². The van der Waals surface area contributed by atoms with Crippen LogP contribution in [0.3, 0.4) is 0 Å². The van der Waals surface area contributed by atoms with Crippen LogP contribution in [0.25, 0.3) is 5.57 Å². The van der Waals surface area contributed by atoms with Crippen molar-refractivity contribution in [3.63, 3.8) is 0 Å². The number of carbonyl (C=O) groups excluding carboxylic acids is 3. The van der Waals surface area contributed by atoms with Crippen LogP contribution >= 0.6 is 0 Å². The molecule has 8 heteroatoms. The number of carbonyl (C=O) groups is 3. The van der Waals surface area contributed by atoms with Gasteiger partial charge in [-0.3, -0.25) is 0 Å². The normalized spacial score (nSPS) is 19.6. The van der Waals surface area contributed by atoms with Crippen molar-refractivity contribution in [2.45, 2.75) is 19.6 Å². The fourth-order valence-corrected chi connectivity index (χ4v) is 3.56. The van der Waals surface area contributed by atoms with Gasteiger partial charge in [0.1, 0.15) is 5.57 Å². The maximum atomic E-state index is 12.9. The summed E-state index contributed by atoms with van der Waals surface area (Å²) < 4.78 is 27.1. The molecule has 1 saturated heterocycles. The van der Waals surface area contributed by atoms with E-state index in [-0.39, 0.29) is 40.9 Å². The molecule has 1 aromatic rings. The first-order valence-electron chi connectivity index (χ1n) is 9.30. The predicted octanol–water partition coefficient (Wildman–Crippen LogP) is 2.04. The molecule has 0 aromatic heterocycles. The molecule has 1 aliphatic carbocycles. The maximum Gasteiger partial charge on any atom is 0.340 e. The zero-order chi connectivity index (χ0) is 22.1. The molecule has 1 aliphatic heterocycles. The van der Waals surface area contributed by atoms with Crippen LogP contribution in [-0.4, -0.2) is 58.2 Å². The summed E-state index contributed by atoms with van der Waals surface area (Å²) in [5, 5.41) is 0. The first kappa shape index (κ1) is 21.7. The standard InChI is InChI=1S/C22H24O8/c1-21(2)11-29-22(30-12-21)16(13-9-7-6-8-10-13)14(18(23)26-3)15(19(24)27-4)17(22)20(25)28-5/h6-10H,11-12H2,1-5H3. The van der Waals surface area contributed by atoms with E-state index in [1.54, 1.807) is 30.3 Å². The third kappa shape index (κ3) is 3.42. The number of hydrogen-bond donors (Lipinski definition) is 0. The fraction of sp³-hybridized carbons (Fsp3) is 0.409. The first-order chi connectivity index (χ1) is 14.2. The highest BCUT2D eigenvalue weighted by atomic mass is 16.7. The van der Waals surface area contributed by atoms with Gasteiger partial charge in [0.25, 0.3) is 0 Å². The molecule has 160 valence electrons. The Morgan fingerprint density at radius 2 is 1.30 bits per heavy atom. The van der Waals surface area contributed by atoms with Gasteiger partial charge < -0.3 is 23.7 Å². The number of methoxy groups -OCH3 is 3. The van der Waals surface area contributed by atoms with Crippen molar-refractivity contribution < 1.29 is 38.1 Å². The van der Waals surface area contributed by atoms with Crippen LogP contribution in [0.5, 0.6) is 0 Å². The van der Waals surface area contributed by atoms with Gasteiger partial charge in [0.15, 0.2) is 0 Å². The Morgan fingerprint density at radius 1 is 0.800 bits per heavy atom. The van der Waals surface area contributed by atoms with Gasteiger partial charge in [0.05, 0.1) is 45.7 Å². The predicted molar refractivity (Wildman–Crippen MR) is 105 cm³/mol. The van der Waals surface area contributed by atoms with Crippen molar-refractivity contribution in [2.24, 2.45) is 5.41 Å². The summed E-state index contributed by atoms with van der Waals surface area (Å²) >= 11 is 0. The molecule has 8 nitrogen and oxygen atoms in total. The van der Waals surface area contributed by atoms with Gasteiger partial charge in [-0.25, -0.2) is 14.4 Å². The third-order valence-corrected chi connectivity index (χ3v) is 4.97. The molecule has 30 heavy (non-hydrogen) atoms. The molecule has 0 unspecified atom stereocenters. The van der Waals surface area contributed by atoms with Crippen molar-refractivity contribution >= 4 is 23.5 Å². The highest BCUT2D eigenvalue weighted by Crippen LogP contribution is 2.52. The Bertz CT molecular complexity index is 929. The molecule has 1 fully saturated rings. The first-order valence-corrected chi connectivity index (χ1v) is 9.30. The van der Waals surface area contributed by atoms with Gasteiger partial charge in [-0.05, 0) is 5.56 Å². The third-order valence-electron chi connectivity index (χ3n) is 4.97. The van der Waals surface area contributed by atoms with E-state index in [0.29, 0.717) is 5.56 Å². The number of benzene rings is 1. The van der Waals surface area contributed by atoms with E-state index < -0.39 is 23.7 Å². The number of ether oxygens (including phenoxy) is 5. The highest BCUT2D eigenvalue weighted by molar-refractivity contribution is 6.21. The summed E-state index contributed by atoms with van der Waals surface area (Å²) in [4.78, 5) is 38.5. The molecule has 1 heterocycles. The van der Waals surface area contributed by atoms with E-state index in [1.165, 1.54) is 14.2 Å². The van der Waals surface area contributed by atoms with E-state index >= 15 is 0 Å². The summed E-state index contributed by atoms with van der Waals surface area (Å²) in [5.74, 6) is -4.43. The summed E-state index contributed by atoms with van der Waals surface area (Å²) in [6.45, 7) is 4.27. The van der Waals surface area contributed by atoms with Crippen molar-refractivity contribution in [1.29, 1.82) is 0 Å². The average molecular weight is 416 g/mol. The Labute approximate surface area is 174 Å². The van der Waals surface area contributed by atoms with E-state index in [1.807, 2.05) is 13.8 Å². The van der Waals surface area contributed by atoms with Crippen LogP contribution in [0.2, 0.25) is 0 Å². The molecule has 0 atom stereocenters. The van der Waals surface area contributed by atoms with Crippen LogP contribution in [0, 0.1) is 5.41 Å². The highest BCUT2D eigenvalue weighted by Gasteiger charge is 2.59. The Hall–Kier alpha value is -2.97. The minimum absolute atomic E-state index is 0.157. The van der Waals surface area contributed by atoms with Gasteiger partial charge in [-0.1, -0.05) is 44.2 Å². The molecule has 1 aromatic carbocycles. The lowest BCUT2D eigenvalue weighted by atomic mass is 9.89. The Balaban J connectivity index is 2.40. The van der Waals surface area contributed by atoms with E-state index in [2.05, 4.69) is 0 Å². The van der Waals surface area contributed by atoms with Crippen molar-refractivity contribution in [2.75, 3.05) is 34.5 Å². The second kappa shape index (κ2) is 8.04. The van der Waals surface area contributed by atoms with Gasteiger partial charge in [-0.15, -0.1) is 0 Å². The SMILES string of the molecule is COC(=O)C1=C(C(=O)OC)C2(OCC(C)(C)CO2)C(c2ccccc2)=C1C(=O)OC. The molecule has 0 N–H and O–H groups in total. The molecule has 2 aliphatic rings. The number of rotatable bonds is 4. The van der Waals surface area contributed by atoms with Crippen molar-refractivity contribution in [3.8, 4) is 0 Å². The molecular formula is C22H24O8. The Morgan fingerprint density at radius 3 is 1.80 bits per heavy atom. The lowest BCUT2D eigenvalue weighted by Crippen LogP contribution is -2.50. The zero-order valence-corrected chi connectivity index (χ0v) is 17.6. The minimum Gasteiger partial charge on any atom is -0.465 e. The molecule has 3 rings (SSSR count). The average Bonchev–Trinajstić information content (AvgIpc) is 3.05. The molecule has 1 spiro atoms. The maximum absolute atomic E-state index is 12.9. The van der Waals surface area contributed by atoms with Crippen LogP contribution < -0.4 is 0 Å². The van der Waals surface area contributed by atoms with Crippen molar-refractivity contribution in [1.82, 2.24) is 0 Å². The van der Waals surface area contributed by atoms with E-state index in [4.69, 9.17) is 23.7 Å². The van der Waals surface area contributed by atoms with Crippen LogP contribution in [0.15, 0.2) is 47.1 Å². The summed E-state index contributed by atoms with van der Waals surface area (Å²) in [6, 6.07) is 8.76. The number of esters is 3. The van der Waals surface area contributed by atoms with Crippen molar-refractivity contribution in [3.05, 3.63) is 52.6 Å². The zero-order valence-electron chi connectivity index (χ0n) is 17.6. The summed E-state index contributed by atoms with van der Waals surface area (Å²) in [5.41, 5.74) is -0.325. The van der Waals surface area contributed by atoms with Gasteiger partial charge in [-0.2, -0.15) is 0 Å². The minimum atomic E-state index is -1.82.